The third-order valence-corrected chi connectivity index (χ3v) is 5.30. The van der Waals surface area contributed by atoms with Crippen molar-refractivity contribution in [2.24, 2.45) is 0 Å². The molecule has 0 amide bonds. The highest BCUT2D eigenvalue weighted by Crippen LogP contribution is 2.34. The van der Waals surface area contributed by atoms with Crippen molar-refractivity contribution in [1.82, 2.24) is 0 Å². The monoisotopic (exact) mass is 464 g/mol. The molecule has 1 aliphatic rings. The van der Waals surface area contributed by atoms with Gasteiger partial charge in [0.05, 0.1) is 18.8 Å². The largest absolute Gasteiger partial charge is 0.494 e. The second-order valence-electron chi connectivity index (χ2n) is 7.19. The topological polar surface area (TPSA) is 68.2 Å². The van der Waals surface area contributed by atoms with Crippen molar-refractivity contribution in [3.05, 3.63) is 76.3 Å². The first kappa shape index (κ1) is 28.1. The highest BCUT2D eigenvalue weighted by molar-refractivity contribution is 6.31. The van der Waals surface area contributed by atoms with Gasteiger partial charge in [-0.1, -0.05) is 48.0 Å². The lowest BCUT2D eigenvalue weighted by molar-refractivity contribution is -0.205. The van der Waals surface area contributed by atoms with Gasteiger partial charge in [-0.25, -0.2) is 0 Å². The van der Waals surface area contributed by atoms with Crippen LogP contribution in [0.25, 0.3) is 0 Å². The van der Waals surface area contributed by atoms with E-state index in [4.69, 9.17) is 30.9 Å². The molecule has 2 aromatic rings. The first-order valence-corrected chi connectivity index (χ1v) is 11.3. The fraction of sp³-hybridized carbons (Fsp3) is 0.462. The van der Waals surface area contributed by atoms with Gasteiger partial charge in [-0.2, -0.15) is 0 Å². The van der Waals surface area contributed by atoms with Gasteiger partial charge in [0.1, 0.15) is 5.75 Å². The van der Waals surface area contributed by atoms with E-state index in [1.165, 1.54) is 0 Å². The molecule has 2 aromatic carbocycles. The minimum absolute atomic E-state index is 0.194. The standard InChI is InChI=1S/C21H25ClO4.C4H8.CH4O/c1-3-25-18-7-4-14(5-8-18)10-16-11-15(6-9-19(16)22)20-12-17(23)13-21(24-2)26-20;1-3-4-2;1-2/h4-9,11,17,20-21,23H,3,10,12-13H2,1-2H3;3-4H,1-2H3;2H,1H3/b;4-3-;. The van der Waals surface area contributed by atoms with Gasteiger partial charge < -0.3 is 24.4 Å². The molecular weight excluding hydrogens is 428 g/mol. The fourth-order valence-corrected chi connectivity index (χ4v) is 3.43. The molecule has 5 nitrogen and oxygen atoms in total. The van der Waals surface area contributed by atoms with Crippen LogP contribution < -0.4 is 4.74 Å². The first-order valence-electron chi connectivity index (χ1n) is 10.9. The van der Waals surface area contributed by atoms with E-state index < -0.39 is 6.10 Å². The molecule has 1 heterocycles. The van der Waals surface area contributed by atoms with Gasteiger partial charge in [0.2, 0.25) is 0 Å². The third-order valence-electron chi connectivity index (χ3n) is 4.93. The van der Waals surface area contributed by atoms with Gasteiger partial charge >= 0.3 is 0 Å². The Morgan fingerprint density at radius 3 is 2.28 bits per heavy atom. The molecule has 1 saturated heterocycles. The Kier molecular flexibility index (Phi) is 13.9. The van der Waals surface area contributed by atoms with Crippen molar-refractivity contribution in [2.45, 2.75) is 58.5 Å². The summed E-state index contributed by atoms with van der Waals surface area (Å²) in [6, 6.07) is 14.0. The number of hydrogen-bond acceptors (Lipinski definition) is 5. The van der Waals surface area contributed by atoms with E-state index in [-0.39, 0.29) is 12.4 Å². The Morgan fingerprint density at radius 1 is 1.06 bits per heavy atom. The SMILES string of the molecule is C/C=C\C.CCOc1ccc(Cc2cc(C3CC(O)CC(OC)O3)ccc2Cl)cc1.CO. The number of allylic oxidation sites excluding steroid dienone is 2. The van der Waals surface area contributed by atoms with Crippen LogP contribution in [0.1, 0.15) is 56.4 Å². The highest BCUT2D eigenvalue weighted by atomic mass is 35.5. The number of ether oxygens (including phenoxy) is 3. The van der Waals surface area contributed by atoms with E-state index >= 15 is 0 Å². The minimum atomic E-state index is -0.427. The molecule has 1 aliphatic heterocycles. The fourth-order valence-electron chi connectivity index (χ4n) is 3.25. The molecule has 3 unspecified atom stereocenters. The van der Waals surface area contributed by atoms with Gasteiger partial charge in [-0.3, -0.25) is 0 Å². The number of methoxy groups -OCH3 is 1. The van der Waals surface area contributed by atoms with Crippen molar-refractivity contribution < 1.29 is 24.4 Å². The lowest BCUT2D eigenvalue weighted by Crippen LogP contribution is -2.32. The molecule has 0 radical (unpaired) electrons. The Morgan fingerprint density at radius 2 is 1.72 bits per heavy atom. The van der Waals surface area contributed by atoms with Crippen LogP contribution in [0, 0.1) is 0 Å². The second kappa shape index (κ2) is 15.8. The minimum Gasteiger partial charge on any atom is -0.494 e. The molecule has 0 saturated carbocycles. The van der Waals surface area contributed by atoms with E-state index in [0.29, 0.717) is 19.4 Å². The van der Waals surface area contributed by atoms with Crippen molar-refractivity contribution in [3.8, 4) is 5.75 Å². The predicted octanol–water partition coefficient (Wildman–Crippen LogP) is 5.71. The van der Waals surface area contributed by atoms with E-state index in [1.54, 1.807) is 7.11 Å². The lowest BCUT2D eigenvalue weighted by atomic mass is 9.95. The van der Waals surface area contributed by atoms with Crippen LogP contribution in [-0.2, 0) is 15.9 Å². The van der Waals surface area contributed by atoms with Gasteiger partial charge in [-0.05, 0) is 62.1 Å². The number of rotatable bonds is 6. The summed E-state index contributed by atoms with van der Waals surface area (Å²) in [7, 11) is 2.60. The van der Waals surface area contributed by atoms with Crippen molar-refractivity contribution >= 4 is 11.6 Å². The molecule has 2 N–H and O–H groups in total. The molecule has 6 heteroatoms. The van der Waals surface area contributed by atoms with Crippen LogP contribution in [0.3, 0.4) is 0 Å². The maximum atomic E-state index is 10.1. The zero-order valence-corrected chi connectivity index (χ0v) is 20.5. The van der Waals surface area contributed by atoms with Crippen LogP contribution in [0.15, 0.2) is 54.6 Å². The molecule has 3 atom stereocenters. The number of benzene rings is 2. The molecule has 0 spiro atoms. The molecule has 1 fully saturated rings. The van der Waals surface area contributed by atoms with Crippen molar-refractivity contribution in [2.75, 3.05) is 20.8 Å². The van der Waals surface area contributed by atoms with E-state index in [9.17, 15) is 5.11 Å². The zero-order valence-electron chi connectivity index (χ0n) is 19.8. The van der Waals surface area contributed by atoms with Crippen LogP contribution in [-0.4, -0.2) is 43.4 Å². The van der Waals surface area contributed by atoms with E-state index in [1.807, 2.05) is 57.2 Å². The summed E-state index contributed by atoms with van der Waals surface area (Å²) >= 11 is 6.41. The average Bonchev–Trinajstić information content (AvgIpc) is 2.83. The predicted molar refractivity (Wildman–Crippen MR) is 130 cm³/mol. The summed E-state index contributed by atoms with van der Waals surface area (Å²) < 4.78 is 16.7. The van der Waals surface area contributed by atoms with Gasteiger partial charge in [0.25, 0.3) is 0 Å². The summed E-state index contributed by atoms with van der Waals surface area (Å²) in [5.41, 5.74) is 3.20. The van der Waals surface area contributed by atoms with Crippen LogP contribution in [0.2, 0.25) is 5.02 Å². The molecular formula is C26H37ClO5. The van der Waals surface area contributed by atoms with E-state index in [0.717, 1.165) is 41.0 Å². The number of aliphatic hydroxyl groups excluding tert-OH is 2. The summed E-state index contributed by atoms with van der Waals surface area (Å²) in [5, 5.41) is 17.8. The third kappa shape index (κ3) is 9.31. The van der Waals surface area contributed by atoms with Gasteiger partial charge in [0, 0.05) is 32.1 Å². The summed E-state index contributed by atoms with van der Waals surface area (Å²) in [6.45, 7) is 6.63. The maximum absolute atomic E-state index is 10.1. The van der Waals surface area contributed by atoms with Crippen LogP contribution in [0.4, 0.5) is 0 Å². The smallest absolute Gasteiger partial charge is 0.160 e. The van der Waals surface area contributed by atoms with Crippen molar-refractivity contribution in [3.63, 3.8) is 0 Å². The zero-order chi connectivity index (χ0) is 23.9. The highest BCUT2D eigenvalue weighted by Gasteiger charge is 2.29. The molecule has 32 heavy (non-hydrogen) atoms. The Hall–Kier alpha value is -1.89. The van der Waals surface area contributed by atoms with E-state index in [2.05, 4.69) is 18.2 Å². The van der Waals surface area contributed by atoms with Crippen LogP contribution in [0.5, 0.6) is 5.75 Å². The maximum Gasteiger partial charge on any atom is 0.160 e. The van der Waals surface area contributed by atoms with Crippen molar-refractivity contribution in [1.29, 1.82) is 0 Å². The molecule has 0 bridgehead atoms. The number of hydrogen-bond donors (Lipinski definition) is 2. The number of aliphatic hydroxyl groups is 2. The molecule has 0 aliphatic carbocycles. The summed E-state index contributed by atoms with van der Waals surface area (Å²) in [4.78, 5) is 0. The Bertz CT molecular complexity index is 787. The number of halogens is 1. The molecule has 3 rings (SSSR count). The first-order chi connectivity index (χ1) is 15.5. The van der Waals surface area contributed by atoms with Gasteiger partial charge in [0.15, 0.2) is 6.29 Å². The van der Waals surface area contributed by atoms with Crippen LogP contribution >= 0.6 is 11.6 Å². The quantitative estimate of drug-likeness (QED) is 0.536. The lowest BCUT2D eigenvalue weighted by Gasteiger charge is -2.32. The molecule has 0 aromatic heterocycles. The Labute approximate surface area is 197 Å². The molecule has 178 valence electrons. The Balaban J connectivity index is 0.000000769. The summed E-state index contributed by atoms with van der Waals surface area (Å²) in [6.07, 6.45) is 4.78. The normalized spacial score (nSPS) is 20.1. The second-order valence-corrected chi connectivity index (χ2v) is 7.59. The average molecular weight is 465 g/mol. The summed E-state index contributed by atoms with van der Waals surface area (Å²) in [5.74, 6) is 0.867. The van der Waals surface area contributed by atoms with Gasteiger partial charge in [-0.15, -0.1) is 0 Å².